The number of halogens is 3. The molecule has 1 fully saturated rings. The second-order valence-corrected chi connectivity index (χ2v) is 7.68. The lowest BCUT2D eigenvalue weighted by molar-refractivity contribution is -0.152. The van der Waals surface area contributed by atoms with Gasteiger partial charge < -0.3 is 10.1 Å². The van der Waals surface area contributed by atoms with Crippen molar-refractivity contribution >= 4 is 46.7 Å². The van der Waals surface area contributed by atoms with Crippen molar-refractivity contribution in [3.63, 3.8) is 0 Å². The Balaban J connectivity index is 1.94. The number of hydrogen-bond donors (Lipinski definition) is 1. The van der Waals surface area contributed by atoms with E-state index >= 15 is 0 Å². The number of carbonyl (C=O) groups excluding carboxylic acids is 2. The SMILES string of the molecule is O=C(NC1CCCCC1)[C@H]1CC=CC[C@@H]1C(=O)OCC(Cl)=C(Cl)Cl. The van der Waals surface area contributed by atoms with Crippen molar-refractivity contribution in [3.8, 4) is 0 Å². The van der Waals surface area contributed by atoms with Crippen molar-refractivity contribution in [2.24, 2.45) is 11.8 Å². The van der Waals surface area contributed by atoms with Gasteiger partial charge in [0.05, 0.1) is 16.9 Å². The zero-order valence-corrected chi connectivity index (χ0v) is 15.7. The average Bonchev–Trinajstić information content (AvgIpc) is 2.60. The molecule has 0 aliphatic heterocycles. The summed E-state index contributed by atoms with van der Waals surface area (Å²) in [5.74, 6) is -1.42. The van der Waals surface area contributed by atoms with Gasteiger partial charge in [0.25, 0.3) is 0 Å². The van der Waals surface area contributed by atoms with Crippen LogP contribution in [0.15, 0.2) is 21.7 Å². The number of rotatable bonds is 5. The van der Waals surface area contributed by atoms with Gasteiger partial charge in [0, 0.05) is 6.04 Å². The van der Waals surface area contributed by atoms with Crippen LogP contribution in [0.3, 0.4) is 0 Å². The topological polar surface area (TPSA) is 55.4 Å². The summed E-state index contributed by atoms with van der Waals surface area (Å²) in [7, 11) is 0. The van der Waals surface area contributed by atoms with Crippen molar-refractivity contribution in [1.82, 2.24) is 5.32 Å². The van der Waals surface area contributed by atoms with Gasteiger partial charge in [0.15, 0.2) is 0 Å². The van der Waals surface area contributed by atoms with Gasteiger partial charge in [-0.2, -0.15) is 0 Å². The minimum Gasteiger partial charge on any atom is -0.460 e. The molecule has 7 heteroatoms. The van der Waals surface area contributed by atoms with Crippen LogP contribution < -0.4 is 5.32 Å². The molecule has 0 aromatic heterocycles. The molecule has 0 aromatic rings. The van der Waals surface area contributed by atoms with Crippen molar-refractivity contribution < 1.29 is 14.3 Å². The van der Waals surface area contributed by atoms with E-state index < -0.39 is 17.8 Å². The van der Waals surface area contributed by atoms with Gasteiger partial charge in [0.1, 0.15) is 11.1 Å². The van der Waals surface area contributed by atoms with E-state index in [1.807, 2.05) is 12.2 Å². The monoisotopic (exact) mass is 393 g/mol. The maximum Gasteiger partial charge on any atom is 0.310 e. The summed E-state index contributed by atoms with van der Waals surface area (Å²) in [5.41, 5.74) is 0. The van der Waals surface area contributed by atoms with E-state index in [-0.39, 0.29) is 28.1 Å². The van der Waals surface area contributed by atoms with Crippen LogP contribution in [0.5, 0.6) is 0 Å². The minimum absolute atomic E-state index is 0.0646. The molecule has 1 N–H and O–H groups in total. The third kappa shape index (κ3) is 5.68. The van der Waals surface area contributed by atoms with Crippen molar-refractivity contribution in [1.29, 1.82) is 0 Å². The Kier molecular flexibility index (Phi) is 7.92. The van der Waals surface area contributed by atoms with Gasteiger partial charge in [-0.15, -0.1) is 0 Å². The maximum absolute atomic E-state index is 12.6. The number of allylic oxidation sites excluding steroid dienone is 2. The predicted molar refractivity (Wildman–Crippen MR) is 95.9 cm³/mol. The molecule has 134 valence electrons. The van der Waals surface area contributed by atoms with Crippen molar-refractivity contribution in [2.75, 3.05) is 6.61 Å². The Morgan fingerprint density at radius 2 is 1.62 bits per heavy atom. The molecule has 1 saturated carbocycles. The highest BCUT2D eigenvalue weighted by Gasteiger charge is 2.36. The van der Waals surface area contributed by atoms with Gasteiger partial charge in [-0.3, -0.25) is 9.59 Å². The summed E-state index contributed by atoms with van der Waals surface area (Å²) < 4.78 is 5.04. The number of hydrogen-bond acceptors (Lipinski definition) is 3. The standard InChI is InChI=1S/C17H22Cl3NO3/c18-14(15(19)20)10-24-17(23)13-9-5-4-8-12(13)16(22)21-11-6-2-1-3-7-11/h4-5,11-13H,1-3,6-10H2,(H,21,22)/t12-,13-/m0/s1. The minimum atomic E-state index is -0.503. The third-order valence-electron chi connectivity index (χ3n) is 4.57. The van der Waals surface area contributed by atoms with Crippen LogP contribution in [0, 0.1) is 11.8 Å². The van der Waals surface area contributed by atoms with Crippen LogP contribution in [-0.4, -0.2) is 24.5 Å². The second kappa shape index (κ2) is 9.69. The molecule has 0 saturated heterocycles. The highest BCUT2D eigenvalue weighted by atomic mass is 35.5. The molecule has 0 bridgehead atoms. The van der Waals surface area contributed by atoms with Crippen LogP contribution >= 0.6 is 34.8 Å². The van der Waals surface area contributed by atoms with Gasteiger partial charge in [-0.1, -0.05) is 66.2 Å². The molecule has 0 aromatic carbocycles. The smallest absolute Gasteiger partial charge is 0.310 e. The summed E-state index contributed by atoms with van der Waals surface area (Å²) in [5, 5.41) is 3.17. The zero-order valence-electron chi connectivity index (χ0n) is 13.4. The summed E-state index contributed by atoms with van der Waals surface area (Å²) >= 11 is 16.8. The van der Waals surface area contributed by atoms with Gasteiger partial charge >= 0.3 is 5.97 Å². The van der Waals surface area contributed by atoms with Crippen LogP contribution in [0.4, 0.5) is 0 Å². The van der Waals surface area contributed by atoms with Crippen LogP contribution in [0.25, 0.3) is 0 Å². The average molecular weight is 395 g/mol. The normalized spacial score (nSPS) is 24.3. The molecular weight excluding hydrogens is 373 g/mol. The summed E-state index contributed by atoms with van der Waals surface area (Å²) in [6.07, 6.45) is 10.4. The van der Waals surface area contributed by atoms with Crippen LogP contribution in [0.1, 0.15) is 44.9 Å². The number of nitrogens with one attached hydrogen (secondary N) is 1. The number of esters is 1. The number of ether oxygens (including phenoxy) is 1. The lowest BCUT2D eigenvalue weighted by Gasteiger charge is -2.29. The molecule has 1 amide bonds. The van der Waals surface area contributed by atoms with E-state index in [9.17, 15) is 9.59 Å². The molecular formula is C17H22Cl3NO3. The first-order chi connectivity index (χ1) is 11.5. The van der Waals surface area contributed by atoms with Gasteiger partial charge in [-0.25, -0.2) is 0 Å². The Hall–Kier alpha value is -0.710. The highest BCUT2D eigenvalue weighted by molar-refractivity contribution is 6.59. The van der Waals surface area contributed by atoms with Gasteiger partial charge in [-0.05, 0) is 25.7 Å². The largest absolute Gasteiger partial charge is 0.460 e. The molecule has 2 rings (SSSR count). The van der Waals surface area contributed by atoms with E-state index in [2.05, 4.69) is 5.32 Å². The van der Waals surface area contributed by atoms with E-state index in [0.29, 0.717) is 12.8 Å². The van der Waals surface area contributed by atoms with E-state index in [1.54, 1.807) is 0 Å². The summed E-state index contributed by atoms with van der Waals surface area (Å²) in [6.45, 7) is -0.181. The summed E-state index contributed by atoms with van der Waals surface area (Å²) in [4.78, 5) is 24.9. The molecule has 2 atom stereocenters. The molecule has 0 spiro atoms. The van der Waals surface area contributed by atoms with Gasteiger partial charge in [0.2, 0.25) is 5.91 Å². The van der Waals surface area contributed by atoms with Crippen molar-refractivity contribution in [3.05, 3.63) is 21.7 Å². The second-order valence-electron chi connectivity index (χ2n) is 6.27. The highest BCUT2D eigenvalue weighted by Crippen LogP contribution is 2.29. The Morgan fingerprint density at radius 1 is 1.00 bits per heavy atom. The Bertz CT molecular complexity index is 523. The fraction of sp³-hybridized carbons (Fsp3) is 0.647. The lowest BCUT2D eigenvalue weighted by atomic mass is 9.82. The van der Waals surface area contributed by atoms with Crippen LogP contribution in [-0.2, 0) is 14.3 Å². The van der Waals surface area contributed by atoms with Crippen LogP contribution in [0.2, 0.25) is 0 Å². The molecule has 0 heterocycles. The first-order valence-electron chi connectivity index (χ1n) is 8.30. The first kappa shape index (κ1) is 19.6. The fourth-order valence-electron chi connectivity index (χ4n) is 3.22. The summed E-state index contributed by atoms with van der Waals surface area (Å²) in [6, 6.07) is 0.223. The zero-order chi connectivity index (χ0) is 17.5. The number of amides is 1. The fourth-order valence-corrected chi connectivity index (χ4v) is 3.38. The lowest BCUT2D eigenvalue weighted by Crippen LogP contribution is -2.44. The molecule has 4 nitrogen and oxygen atoms in total. The van der Waals surface area contributed by atoms with E-state index in [0.717, 1.165) is 25.7 Å². The Morgan fingerprint density at radius 3 is 2.25 bits per heavy atom. The molecule has 0 unspecified atom stereocenters. The van der Waals surface area contributed by atoms with E-state index in [1.165, 1.54) is 6.42 Å². The molecule has 0 radical (unpaired) electrons. The third-order valence-corrected chi connectivity index (χ3v) is 5.52. The molecule has 24 heavy (non-hydrogen) atoms. The quantitative estimate of drug-likeness (QED) is 0.554. The maximum atomic E-state index is 12.6. The Labute approximate surface area is 157 Å². The number of carbonyl (C=O) groups is 2. The van der Waals surface area contributed by atoms with E-state index in [4.69, 9.17) is 39.5 Å². The first-order valence-corrected chi connectivity index (χ1v) is 9.44. The van der Waals surface area contributed by atoms with Crippen molar-refractivity contribution in [2.45, 2.75) is 51.0 Å². The predicted octanol–water partition coefficient (Wildman–Crippen LogP) is 4.45. The molecule has 2 aliphatic rings. The molecule has 2 aliphatic carbocycles.